The summed E-state index contributed by atoms with van der Waals surface area (Å²) in [5.74, 6) is 1.31. The molecule has 1 aliphatic rings. The molecule has 4 amide bonds. The minimum atomic E-state index is -0.537. The van der Waals surface area contributed by atoms with Gasteiger partial charge in [0.1, 0.15) is 12.6 Å². The number of rotatable bonds is 10. The Kier molecular flexibility index (Phi) is 7.78. The molecule has 0 bridgehead atoms. The van der Waals surface area contributed by atoms with Crippen LogP contribution in [-0.4, -0.2) is 68.1 Å². The molecule has 0 saturated carbocycles. The Morgan fingerprint density at radius 2 is 2.00 bits per heavy atom. The zero-order valence-electron chi connectivity index (χ0n) is 15.7. The van der Waals surface area contributed by atoms with Gasteiger partial charge in [-0.05, 0) is 42.5 Å². The number of urea groups is 1. The maximum atomic E-state index is 12.2. The molecular weight excluding hydrogens is 370 g/mol. The Hall–Kier alpha value is -2.42. The van der Waals surface area contributed by atoms with Crippen LogP contribution in [0, 0.1) is 0 Å². The number of ether oxygens (including phenoxy) is 2. The lowest BCUT2D eigenvalue weighted by Crippen LogP contribution is -2.41. The summed E-state index contributed by atoms with van der Waals surface area (Å²) in [6.45, 7) is 0.111. The zero-order valence-corrected chi connectivity index (χ0v) is 16.6. The number of imide groups is 1. The van der Waals surface area contributed by atoms with Crippen molar-refractivity contribution in [1.82, 2.24) is 15.5 Å². The molecule has 1 fully saturated rings. The largest absolute Gasteiger partial charge is 0.493 e. The first-order chi connectivity index (χ1) is 13.0. The van der Waals surface area contributed by atoms with Crippen LogP contribution in [-0.2, 0) is 16.0 Å². The fourth-order valence-electron chi connectivity index (χ4n) is 2.74. The van der Waals surface area contributed by atoms with E-state index >= 15 is 0 Å². The molecule has 1 unspecified atom stereocenters. The molecule has 27 heavy (non-hydrogen) atoms. The van der Waals surface area contributed by atoms with Gasteiger partial charge < -0.3 is 20.1 Å². The summed E-state index contributed by atoms with van der Waals surface area (Å²) in [5.41, 5.74) is 0.972. The van der Waals surface area contributed by atoms with Crippen LogP contribution in [0.5, 0.6) is 11.5 Å². The van der Waals surface area contributed by atoms with Gasteiger partial charge >= 0.3 is 6.03 Å². The molecule has 9 heteroatoms. The lowest BCUT2D eigenvalue weighted by Gasteiger charge is -2.13. The highest BCUT2D eigenvalue weighted by Crippen LogP contribution is 2.27. The highest BCUT2D eigenvalue weighted by molar-refractivity contribution is 7.98. The van der Waals surface area contributed by atoms with Crippen LogP contribution < -0.4 is 20.1 Å². The highest BCUT2D eigenvalue weighted by Gasteiger charge is 2.38. The Morgan fingerprint density at radius 1 is 1.26 bits per heavy atom. The minimum Gasteiger partial charge on any atom is -0.493 e. The first-order valence-corrected chi connectivity index (χ1v) is 9.98. The molecule has 148 valence electrons. The van der Waals surface area contributed by atoms with E-state index in [1.165, 1.54) is 0 Å². The maximum Gasteiger partial charge on any atom is 0.325 e. The Labute approximate surface area is 162 Å². The summed E-state index contributed by atoms with van der Waals surface area (Å²) in [6, 6.07) is 4.49. The van der Waals surface area contributed by atoms with Crippen molar-refractivity contribution in [3.05, 3.63) is 23.8 Å². The van der Waals surface area contributed by atoms with E-state index in [2.05, 4.69) is 10.6 Å². The van der Waals surface area contributed by atoms with Gasteiger partial charge in [0.05, 0.1) is 14.2 Å². The molecule has 1 aromatic carbocycles. The van der Waals surface area contributed by atoms with E-state index in [1.807, 2.05) is 18.4 Å². The number of carbonyl (C=O) groups is 3. The third kappa shape index (κ3) is 5.53. The highest BCUT2D eigenvalue weighted by atomic mass is 32.2. The van der Waals surface area contributed by atoms with E-state index in [9.17, 15) is 14.4 Å². The maximum absolute atomic E-state index is 12.2. The van der Waals surface area contributed by atoms with Gasteiger partial charge in [-0.2, -0.15) is 11.8 Å². The first-order valence-electron chi connectivity index (χ1n) is 8.58. The van der Waals surface area contributed by atoms with Gasteiger partial charge in [0.15, 0.2) is 11.5 Å². The third-order valence-electron chi connectivity index (χ3n) is 4.20. The monoisotopic (exact) mass is 395 g/mol. The van der Waals surface area contributed by atoms with Crippen LogP contribution >= 0.6 is 11.8 Å². The Balaban J connectivity index is 1.81. The van der Waals surface area contributed by atoms with Crippen molar-refractivity contribution in [2.45, 2.75) is 18.9 Å². The second-order valence-corrected chi connectivity index (χ2v) is 6.98. The number of nitrogens with zero attached hydrogens (tertiary/aromatic N) is 1. The number of nitrogens with one attached hydrogen (secondary N) is 2. The molecule has 0 radical (unpaired) electrons. The van der Waals surface area contributed by atoms with E-state index in [0.717, 1.165) is 16.2 Å². The number of carbonyl (C=O) groups excluding carboxylic acids is 3. The average Bonchev–Trinajstić information content (AvgIpc) is 2.93. The van der Waals surface area contributed by atoms with E-state index in [0.29, 0.717) is 30.9 Å². The van der Waals surface area contributed by atoms with Gasteiger partial charge in [0.25, 0.3) is 5.91 Å². The van der Waals surface area contributed by atoms with Crippen LogP contribution in [0.1, 0.15) is 12.0 Å². The lowest BCUT2D eigenvalue weighted by atomic mass is 10.1. The van der Waals surface area contributed by atoms with Crippen molar-refractivity contribution in [3.63, 3.8) is 0 Å². The summed E-state index contributed by atoms with van der Waals surface area (Å²) in [7, 11) is 3.13. The molecule has 1 aliphatic heterocycles. The minimum absolute atomic E-state index is 0.271. The summed E-state index contributed by atoms with van der Waals surface area (Å²) in [5, 5.41) is 5.35. The molecule has 0 spiro atoms. The molecule has 2 rings (SSSR count). The van der Waals surface area contributed by atoms with Gasteiger partial charge in [-0.3, -0.25) is 14.5 Å². The predicted octanol–water partition coefficient (Wildman–Crippen LogP) is 1.04. The Bertz CT molecular complexity index is 698. The van der Waals surface area contributed by atoms with Crippen LogP contribution in [0.2, 0.25) is 0 Å². The SMILES string of the molecule is COc1ccc(CCNC(=O)CN2C(=O)NC(CCSC)C2=O)cc1OC. The fraction of sp³-hybridized carbons (Fsp3) is 0.500. The van der Waals surface area contributed by atoms with Crippen LogP contribution in [0.15, 0.2) is 18.2 Å². The van der Waals surface area contributed by atoms with Gasteiger partial charge in [-0.1, -0.05) is 6.07 Å². The number of thioether (sulfide) groups is 1. The topological polar surface area (TPSA) is 97.0 Å². The van der Waals surface area contributed by atoms with E-state index in [4.69, 9.17) is 9.47 Å². The summed E-state index contributed by atoms with van der Waals surface area (Å²) in [4.78, 5) is 37.2. The molecule has 1 heterocycles. The summed E-state index contributed by atoms with van der Waals surface area (Å²) >= 11 is 1.60. The molecule has 1 saturated heterocycles. The van der Waals surface area contributed by atoms with Crippen molar-refractivity contribution in [2.24, 2.45) is 0 Å². The van der Waals surface area contributed by atoms with Crippen LogP contribution in [0.3, 0.4) is 0 Å². The van der Waals surface area contributed by atoms with Crippen molar-refractivity contribution < 1.29 is 23.9 Å². The molecule has 1 atom stereocenters. The van der Waals surface area contributed by atoms with Gasteiger partial charge in [0.2, 0.25) is 5.91 Å². The van der Waals surface area contributed by atoms with Crippen LogP contribution in [0.25, 0.3) is 0 Å². The molecule has 0 aliphatic carbocycles. The molecule has 8 nitrogen and oxygen atoms in total. The normalized spacial score (nSPS) is 16.3. The van der Waals surface area contributed by atoms with Gasteiger partial charge in [-0.15, -0.1) is 0 Å². The molecule has 0 aromatic heterocycles. The molecular formula is C18H25N3O5S. The van der Waals surface area contributed by atoms with E-state index in [-0.39, 0.29) is 18.4 Å². The number of hydrogen-bond acceptors (Lipinski definition) is 6. The van der Waals surface area contributed by atoms with Crippen molar-refractivity contribution in [2.75, 3.05) is 39.3 Å². The van der Waals surface area contributed by atoms with Crippen molar-refractivity contribution >= 4 is 29.6 Å². The standard InChI is InChI=1S/C18H25N3O5S/c1-25-14-5-4-12(10-15(14)26-2)6-8-19-16(22)11-21-17(23)13(7-9-27-3)20-18(21)24/h4-5,10,13H,6-9,11H2,1-3H3,(H,19,22)(H,20,24). The lowest BCUT2D eigenvalue weighted by molar-refractivity contribution is -0.132. The summed E-state index contributed by atoms with van der Waals surface area (Å²) < 4.78 is 10.4. The van der Waals surface area contributed by atoms with Gasteiger partial charge in [-0.25, -0.2) is 4.79 Å². The first kappa shape index (κ1) is 20.9. The second kappa shape index (κ2) is 10.1. The fourth-order valence-corrected chi connectivity index (χ4v) is 3.21. The summed E-state index contributed by atoms with van der Waals surface area (Å²) in [6.07, 6.45) is 3.08. The van der Waals surface area contributed by atoms with E-state index < -0.39 is 12.1 Å². The third-order valence-corrected chi connectivity index (χ3v) is 4.85. The number of benzene rings is 1. The van der Waals surface area contributed by atoms with Crippen molar-refractivity contribution in [3.8, 4) is 11.5 Å². The van der Waals surface area contributed by atoms with E-state index in [1.54, 1.807) is 32.0 Å². The average molecular weight is 395 g/mol. The molecule has 1 aromatic rings. The number of hydrogen-bond donors (Lipinski definition) is 2. The number of methoxy groups -OCH3 is 2. The molecule has 2 N–H and O–H groups in total. The second-order valence-electron chi connectivity index (χ2n) is 6.00. The smallest absolute Gasteiger partial charge is 0.325 e. The predicted molar refractivity (Wildman–Crippen MR) is 103 cm³/mol. The van der Waals surface area contributed by atoms with Crippen LogP contribution in [0.4, 0.5) is 4.79 Å². The Morgan fingerprint density at radius 3 is 2.67 bits per heavy atom. The van der Waals surface area contributed by atoms with Gasteiger partial charge in [0, 0.05) is 6.54 Å². The zero-order chi connectivity index (χ0) is 19.8. The van der Waals surface area contributed by atoms with Crippen molar-refractivity contribution in [1.29, 1.82) is 0 Å². The quantitative estimate of drug-likeness (QED) is 0.575. The number of amides is 4.